The molecule has 17 heavy (non-hydrogen) atoms. The predicted molar refractivity (Wildman–Crippen MR) is 68.0 cm³/mol. The third-order valence-electron chi connectivity index (χ3n) is 3.14. The van der Waals surface area contributed by atoms with Crippen molar-refractivity contribution in [1.29, 1.82) is 0 Å². The molecule has 1 aliphatic rings. The molecule has 5 heteroatoms. The molecule has 0 saturated heterocycles. The standard InChI is InChI=1S/C12H18ClN3O/c1-7-3-8(2)5-9(4-7)17-11-10(13)6-15-12(14)16-11/h6-9H,3-5H2,1-2H3,(H2,14,15,16). The van der Waals surface area contributed by atoms with E-state index in [9.17, 15) is 0 Å². The highest BCUT2D eigenvalue weighted by Crippen LogP contribution is 2.32. The minimum Gasteiger partial charge on any atom is -0.473 e. The molecule has 1 aromatic heterocycles. The molecule has 94 valence electrons. The summed E-state index contributed by atoms with van der Waals surface area (Å²) in [6.45, 7) is 4.50. The van der Waals surface area contributed by atoms with Gasteiger partial charge < -0.3 is 10.5 Å². The first kappa shape index (κ1) is 12.4. The van der Waals surface area contributed by atoms with Gasteiger partial charge in [-0.25, -0.2) is 4.98 Å². The van der Waals surface area contributed by atoms with Gasteiger partial charge in [-0.3, -0.25) is 0 Å². The summed E-state index contributed by atoms with van der Waals surface area (Å²) in [5.41, 5.74) is 5.53. The lowest BCUT2D eigenvalue weighted by Crippen LogP contribution is -2.29. The molecule has 1 aromatic rings. The van der Waals surface area contributed by atoms with Crippen LogP contribution in [0.1, 0.15) is 33.1 Å². The number of anilines is 1. The van der Waals surface area contributed by atoms with E-state index < -0.39 is 0 Å². The van der Waals surface area contributed by atoms with Gasteiger partial charge in [-0.15, -0.1) is 0 Å². The van der Waals surface area contributed by atoms with Gasteiger partial charge in [0, 0.05) is 0 Å². The minimum absolute atomic E-state index is 0.181. The van der Waals surface area contributed by atoms with Crippen molar-refractivity contribution in [3.05, 3.63) is 11.2 Å². The molecule has 1 saturated carbocycles. The van der Waals surface area contributed by atoms with E-state index in [-0.39, 0.29) is 12.1 Å². The van der Waals surface area contributed by atoms with Gasteiger partial charge in [0.1, 0.15) is 11.1 Å². The first-order valence-electron chi connectivity index (χ1n) is 5.99. The zero-order valence-corrected chi connectivity index (χ0v) is 10.9. The largest absolute Gasteiger partial charge is 0.473 e. The van der Waals surface area contributed by atoms with Crippen LogP contribution >= 0.6 is 11.6 Å². The summed E-state index contributed by atoms with van der Waals surface area (Å²) in [6, 6.07) is 0. The Bertz CT molecular complexity index is 389. The highest BCUT2D eigenvalue weighted by Gasteiger charge is 2.26. The second-order valence-corrected chi connectivity index (χ2v) is 5.45. The Labute approximate surface area is 107 Å². The van der Waals surface area contributed by atoms with E-state index in [0.717, 1.165) is 12.8 Å². The van der Waals surface area contributed by atoms with Gasteiger partial charge in [0.25, 0.3) is 0 Å². The van der Waals surface area contributed by atoms with Gasteiger partial charge in [0.15, 0.2) is 0 Å². The molecule has 0 spiro atoms. The zero-order valence-electron chi connectivity index (χ0n) is 10.2. The second-order valence-electron chi connectivity index (χ2n) is 5.04. The number of hydrogen-bond donors (Lipinski definition) is 1. The number of rotatable bonds is 2. The monoisotopic (exact) mass is 255 g/mol. The maximum absolute atomic E-state index is 5.98. The molecular formula is C12H18ClN3O. The predicted octanol–water partition coefficient (Wildman–Crippen LogP) is 2.92. The normalized spacial score (nSPS) is 29.0. The topological polar surface area (TPSA) is 61.0 Å². The number of ether oxygens (including phenoxy) is 1. The first-order chi connectivity index (χ1) is 8.04. The Morgan fingerprint density at radius 3 is 2.59 bits per heavy atom. The molecular weight excluding hydrogens is 238 g/mol. The van der Waals surface area contributed by atoms with Crippen LogP contribution in [0.4, 0.5) is 5.95 Å². The van der Waals surface area contributed by atoms with E-state index in [1.165, 1.54) is 12.6 Å². The molecule has 4 nitrogen and oxygen atoms in total. The van der Waals surface area contributed by atoms with Crippen LogP contribution in [-0.4, -0.2) is 16.1 Å². The van der Waals surface area contributed by atoms with Crippen molar-refractivity contribution in [3.8, 4) is 5.88 Å². The van der Waals surface area contributed by atoms with Gasteiger partial charge in [0.2, 0.25) is 11.8 Å². The molecule has 2 unspecified atom stereocenters. The Kier molecular flexibility index (Phi) is 3.72. The summed E-state index contributed by atoms with van der Waals surface area (Å²) in [5.74, 6) is 1.97. The summed E-state index contributed by atoms with van der Waals surface area (Å²) in [4.78, 5) is 7.85. The average Bonchev–Trinajstić information content (AvgIpc) is 2.22. The molecule has 0 aliphatic heterocycles. The fraction of sp³-hybridized carbons (Fsp3) is 0.667. The van der Waals surface area contributed by atoms with Crippen molar-refractivity contribution >= 4 is 17.5 Å². The Hall–Kier alpha value is -1.03. The van der Waals surface area contributed by atoms with Gasteiger partial charge in [-0.2, -0.15) is 4.98 Å². The molecule has 0 amide bonds. The second kappa shape index (κ2) is 5.08. The van der Waals surface area contributed by atoms with Crippen LogP contribution in [0, 0.1) is 11.8 Å². The Morgan fingerprint density at radius 1 is 1.29 bits per heavy atom. The van der Waals surface area contributed by atoms with E-state index in [1.54, 1.807) is 0 Å². The van der Waals surface area contributed by atoms with Crippen molar-refractivity contribution in [2.75, 3.05) is 5.73 Å². The zero-order chi connectivity index (χ0) is 12.4. The van der Waals surface area contributed by atoms with Crippen molar-refractivity contribution < 1.29 is 4.74 Å². The summed E-state index contributed by atoms with van der Waals surface area (Å²) < 4.78 is 5.84. The smallest absolute Gasteiger partial charge is 0.237 e. The average molecular weight is 256 g/mol. The number of hydrogen-bond acceptors (Lipinski definition) is 4. The third-order valence-corrected chi connectivity index (χ3v) is 3.40. The Morgan fingerprint density at radius 2 is 1.94 bits per heavy atom. The van der Waals surface area contributed by atoms with Gasteiger partial charge in [-0.05, 0) is 31.1 Å². The highest BCUT2D eigenvalue weighted by molar-refractivity contribution is 6.31. The van der Waals surface area contributed by atoms with Gasteiger partial charge in [-0.1, -0.05) is 25.4 Å². The molecule has 1 aliphatic carbocycles. The van der Waals surface area contributed by atoms with E-state index in [1.807, 2.05) is 0 Å². The first-order valence-corrected chi connectivity index (χ1v) is 6.37. The van der Waals surface area contributed by atoms with Crippen LogP contribution in [0.3, 0.4) is 0 Å². The SMILES string of the molecule is CC1CC(C)CC(Oc2nc(N)ncc2Cl)C1. The number of halogens is 1. The van der Waals surface area contributed by atoms with Crippen LogP contribution in [0.2, 0.25) is 5.02 Å². The number of nitrogens with two attached hydrogens (primary N) is 1. The van der Waals surface area contributed by atoms with E-state index in [0.29, 0.717) is 22.7 Å². The van der Waals surface area contributed by atoms with E-state index in [2.05, 4.69) is 23.8 Å². The van der Waals surface area contributed by atoms with Crippen molar-refractivity contribution in [2.24, 2.45) is 11.8 Å². The van der Waals surface area contributed by atoms with Crippen LogP contribution < -0.4 is 10.5 Å². The van der Waals surface area contributed by atoms with E-state index >= 15 is 0 Å². The molecule has 2 N–H and O–H groups in total. The molecule has 2 rings (SSSR count). The van der Waals surface area contributed by atoms with E-state index in [4.69, 9.17) is 22.1 Å². The van der Waals surface area contributed by atoms with Crippen LogP contribution in [-0.2, 0) is 0 Å². The van der Waals surface area contributed by atoms with Crippen molar-refractivity contribution in [1.82, 2.24) is 9.97 Å². The fourth-order valence-electron chi connectivity index (χ4n) is 2.57. The fourth-order valence-corrected chi connectivity index (χ4v) is 2.71. The molecule has 0 bridgehead atoms. The lowest BCUT2D eigenvalue weighted by molar-refractivity contribution is 0.0968. The lowest BCUT2D eigenvalue weighted by Gasteiger charge is -2.31. The van der Waals surface area contributed by atoms with Crippen molar-refractivity contribution in [3.63, 3.8) is 0 Å². The molecule has 1 heterocycles. The number of nitrogen functional groups attached to an aromatic ring is 1. The number of nitrogens with zero attached hydrogens (tertiary/aromatic N) is 2. The van der Waals surface area contributed by atoms with Crippen LogP contribution in [0.15, 0.2) is 6.20 Å². The Balaban J connectivity index is 2.07. The maximum atomic E-state index is 5.98. The molecule has 1 fully saturated rings. The molecule has 2 atom stereocenters. The van der Waals surface area contributed by atoms with Crippen molar-refractivity contribution in [2.45, 2.75) is 39.2 Å². The quantitative estimate of drug-likeness (QED) is 0.883. The highest BCUT2D eigenvalue weighted by atomic mass is 35.5. The molecule has 0 radical (unpaired) electrons. The lowest BCUT2D eigenvalue weighted by atomic mass is 9.82. The van der Waals surface area contributed by atoms with Gasteiger partial charge >= 0.3 is 0 Å². The van der Waals surface area contributed by atoms with Crippen LogP contribution in [0.25, 0.3) is 0 Å². The minimum atomic E-state index is 0.181. The maximum Gasteiger partial charge on any atom is 0.237 e. The summed E-state index contributed by atoms with van der Waals surface area (Å²) in [5, 5.41) is 0.421. The summed E-state index contributed by atoms with van der Waals surface area (Å²) in [7, 11) is 0. The number of aromatic nitrogens is 2. The summed E-state index contributed by atoms with van der Waals surface area (Å²) in [6.07, 6.45) is 5.02. The van der Waals surface area contributed by atoms with Gasteiger partial charge in [0.05, 0.1) is 6.20 Å². The third kappa shape index (κ3) is 3.22. The van der Waals surface area contributed by atoms with Crippen LogP contribution in [0.5, 0.6) is 5.88 Å². The molecule has 0 aromatic carbocycles. The summed E-state index contributed by atoms with van der Waals surface area (Å²) >= 11 is 5.98.